The summed E-state index contributed by atoms with van der Waals surface area (Å²) in [6, 6.07) is 6.79. The number of carbonyl (C=O) groups is 1. The van der Waals surface area contributed by atoms with Crippen molar-refractivity contribution in [2.75, 3.05) is 19.0 Å². The summed E-state index contributed by atoms with van der Waals surface area (Å²) in [5.74, 6) is -0.529. The van der Waals surface area contributed by atoms with Crippen molar-refractivity contribution in [2.24, 2.45) is 0 Å². The molecule has 1 N–H and O–H groups in total. The van der Waals surface area contributed by atoms with Crippen LogP contribution in [-0.2, 0) is 4.79 Å². The molecule has 0 bridgehead atoms. The summed E-state index contributed by atoms with van der Waals surface area (Å²) in [5.41, 5.74) is 1.83. The first-order chi connectivity index (χ1) is 9.00. The summed E-state index contributed by atoms with van der Waals surface area (Å²) in [5, 5.41) is 20.2. The van der Waals surface area contributed by atoms with E-state index in [1.807, 2.05) is 43.3 Å². The zero-order chi connectivity index (χ0) is 14.0. The Kier molecular flexibility index (Phi) is 3.46. The molecule has 0 aliphatic rings. The number of aliphatic carboxylic acids is 1. The number of tetrazole rings is 1. The number of nitrogens with zero attached hydrogens (tertiary/aromatic N) is 5. The van der Waals surface area contributed by atoms with Crippen molar-refractivity contribution < 1.29 is 9.90 Å². The standard InChI is InChI=1S/C12H15N5O2/c1-8(12(18)19)17-11(13-14-15-17)9-4-6-10(7-5-9)16(2)3/h4-8H,1-3H3,(H,18,19). The molecule has 1 atom stereocenters. The van der Waals surface area contributed by atoms with Gasteiger partial charge in [-0.25, -0.2) is 9.48 Å². The van der Waals surface area contributed by atoms with Crippen LogP contribution in [0.3, 0.4) is 0 Å². The van der Waals surface area contributed by atoms with E-state index in [4.69, 9.17) is 5.11 Å². The molecule has 0 radical (unpaired) electrons. The van der Waals surface area contributed by atoms with Gasteiger partial charge in [-0.15, -0.1) is 5.10 Å². The third-order valence-electron chi connectivity index (χ3n) is 2.86. The van der Waals surface area contributed by atoms with Crippen molar-refractivity contribution in [1.82, 2.24) is 20.2 Å². The lowest BCUT2D eigenvalue weighted by atomic mass is 10.2. The maximum absolute atomic E-state index is 11.0. The van der Waals surface area contributed by atoms with E-state index >= 15 is 0 Å². The van der Waals surface area contributed by atoms with Gasteiger partial charge in [-0.3, -0.25) is 0 Å². The molecule has 2 aromatic rings. The largest absolute Gasteiger partial charge is 0.480 e. The Morgan fingerprint density at radius 3 is 2.47 bits per heavy atom. The molecule has 0 amide bonds. The highest BCUT2D eigenvalue weighted by Gasteiger charge is 2.20. The van der Waals surface area contributed by atoms with Gasteiger partial charge in [0.15, 0.2) is 11.9 Å². The van der Waals surface area contributed by atoms with Gasteiger partial charge in [-0.2, -0.15) is 0 Å². The molecule has 7 nitrogen and oxygen atoms in total. The monoisotopic (exact) mass is 261 g/mol. The number of hydrogen-bond donors (Lipinski definition) is 1. The average Bonchev–Trinajstić information content (AvgIpc) is 2.86. The number of anilines is 1. The van der Waals surface area contributed by atoms with E-state index in [2.05, 4.69) is 15.5 Å². The van der Waals surface area contributed by atoms with Crippen LogP contribution in [0.1, 0.15) is 13.0 Å². The van der Waals surface area contributed by atoms with Gasteiger partial charge in [0, 0.05) is 25.3 Å². The fraction of sp³-hybridized carbons (Fsp3) is 0.333. The summed E-state index contributed by atoms with van der Waals surface area (Å²) in [4.78, 5) is 13.0. The minimum atomic E-state index is -0.974. The second kappa shape index (κ2) is 5.05. The Labute approximate surface area is 110 Å². The van der Waals surface area contributed by atoms with Gasteiger partial charge in [0.2, 0.25) is 0 Å². The van der Waals surface area contributed by atoms with E-state index in [0.717, 1.165) is 11.3 Å². The molecule has 7 heteroatoms. The first-order valence-corrected chi connectivity index (χ1v) is 5.79. The molecule has 0 spiro atoms. The Hall–Kier alpha value is -2.44. The molecule has 1 aromatic heterocycles. The lowest BCUT2D eigenvalue weighted by Gasteiger charge is -2.13. The highest BCUT2D eigenvalue weighted by atomic mass is 16.4. The van der Waals surface area contributed by atoms with Crippen molar-refractivity contribution in [2.45, 2.75) is 13.0 Å². The highest BCUT2D eigenvalue weighted by molar-refractivity contribution is 5.72. The van der Waals surface area contributed by atoms with Crippen molar-refractivity contribution in [3.8, 4) is 11.4 Å². The number of aromatic nitrogens is 4. The summed E-state index contributed by atoms with van der Waals surface area (Å²) < 4.78 is 1.30. The molecule has 100 valence electrons. The van der Waals surface area contributed by atoms with Crippen LogP contribution in [-0.4, -0.2) is 45.4 Å². The molecule has 0 saturated carbocycles. The lowest BCUT2D eigenvalue weighted by Crippen LogP contribution is -2.18. The Morgan fingerprint density at radius 2 is 1.95 bits per heavy atom. The molecular weight excluding hydrogens is 246 g/mol. The summed E-state index contributed by atoms with van der Waals surface area (Å²) in [6.45, 7) is 1.54. The molecule has 1 aromatic carbocycles. The topological polar surface area (TPSA) is 84.1 Å². The zero-order valence-electron chi connectivity index (χ0n) is 11.0. The van der Waals surface area contributed by atoms with Crippen molar-refractivity contribution >= 4 is 11.7 Å². The SMILES string of the molecule is CC(C(=O)O)n1nnnc1-c1ccc(N(C)C)cc1. The molecule has 0 aliphatic heterocycles. The predicted octanol–water partition coefficient (Wildman–Crippen LogP) is 1.05. The molecule has 0 saturated heterocycles. The van der Waals surface area contributed by atoms with Gasteiger partial charge >= 0.3 is 5.97 Å². The minimum absolute atomic E-state index is 0.445. The normalized spacial score (nSPS) is 12.2. The lowest BCUT2D eigenvalue weighted by molar-refractivity contribution is -0.140. The second-order valence-corrected chi connectivity index (χ2v) is 4.40. The summed E-state index contributed by atoms with van der Waals surface area (Å²) in [7, 11) is 3.90. The van der Waals surface area contributed by atoms with Gasteiger partial charge < -0.3 is 10.0 Å². The zero-order valence-corrected chi connectivity index (χ0v) is 11.0. The van der Waals surface area contributed by atoms with Gasteiger partial charge in [0.1, 0.15) is 0 Å². The average molecular weight is 261 g/mol. The Morgan fingerprint density at radius 1 is 1.32 bits per heavy atom. The molecule has 0 fully saturated rings. The van der Waals surface area contributed by atoms with Gasteiger partial charge in [-0.1, -0.05) is 0 Å². The van der Waals surface area contributed by atoms with E-state index < -0.39 is 12.0 Å². The maximum Gasteiger partial charge on any atom is 0.328 e. The van der Waals surface area contributed by atoms with Gasteiger partial charge in [-0.05, 0) is 41.6 Å². The summed E-state index contributed by atoms with van der Waals surface area (Å²) >= 11 is 0. The van der Waals surface area contributed by atoms with Crippen LogP contribution < -0.4 is 4.90 Å². The van der Waals surface area contributed by atoms with E-state index in [0.29, 0.717) is 5.82 Å². The fourth-order valence-electron chi connectivity index (χ4n) is 1.66. The molecule has 2 rings (SSSR count). The number of carboxylic acid groups (broad SMARTS) is 1. The van der Waals surface area contributed by atoms with Gasteiger partial charge in [0.05, 0.1) is 0 Å². The Bertz CT molecular complexity index is 576. The smallest absolute Gasteiger partial charge is 0.328 e. The third-order valence-corrected chi connectivity index (χ3v) is 2.86. The molecule has 19 heavy (non-hydrogen) atoms. The van der Waals surface area contributed by atoms with Crippen LogP contribution >= 0.6 is 0 Å². The minimum Gasteiger partial charge on any atom is -0.480 e. The van der Waals surface area contributed by atoms with E-state index in [-0.39, 0.29) is 0 Å². The summed E-state index contributed by atoms with van der Waals surface area (Å²) in [6.07, 6.45) is 0. The van der Waals surface area contributed by atoms with Crippen LogP contribution in [0.4, 0.5) is 5.69 Å². The van der Waals surface area contributed by atoms with Crippen molar-refractivity contribution in [3.63, 3.8) is 0 Å². The third kappa shape index (κ3) is 2.54. The molecular formula is C12H15N5O2. The number of carboxylic acids is 1. The number of hydrogen-bond acceptors (Lipinski definition) is 5. The van der Waals surface area contributed by atoms with Crippen LogP contribution in [0.5, 0.6) is 0 Å². The maximum atomic E-state index is 11.0. The van der Waals surface area contributed by atoms with Crippen LogP contribution in [0.2, 0.25) is 0 Å². The number of benzene rings is 1. The predicted molar refractivity (Wildman–Crippen MR) is 69.9 cm³/mol. The Balaban J connectivity index is 2.37. The van der Waals surface area contributed by atoms with E-state index in [9.17, 15) is 4.79 Å². The van der Waals surface area contributed by atoms with Gasteiger partial charge in [0.25, 0.3) is 0 Å². The van der Waals surface area contributed by atoms with E-state index in [1.54, 1.807) is 0 Å². The fourth-order valence-corrected chi connectivity index (χ4v) is 1.66. The first kappa shape index (κ1) is 13.0. The van der Waals surface area contributed by atoms with Crippen molar-refractivity contribution in [3.05, 3.63) is 24.3 Å². The molecule has 1 heterocycles. The molecule has 0 aliphatic carbocycles. The highest BCUT2D eigenvalue weighted by Crippen LogP contribution is 2.22. The number of rotatable bonds is 4. The van der Waals surface area contributed by atoms with Crippen LogP contribution in [0.25, 0.3) is 11.4 Å². The molecule has 1 unspecified atom stereocenters. The van der Waals surface area contributed by atoms with Crippen LogP contribution in [0, 0.1) is 0 Å². The quantitative estimate of drug-likeness (QED) is 0.885. The van der Waals surface area contributed by atoms with Crippen molar-refractivity contribution in [1.29, 1.82) is 0 Å². The second-order valence-electron chi connectivity index (χ2n) is 4.40. The first-order valence-electron chi connectivity index (χ1n) is 5.79. The van der Waals surface area contributed by atoms with Crippen LogP contribution in [0.15, 0.2) is 24.3 Å². The van der Waals surface area contributed by atoms with E-state index in [1.165, 1.54) is 11.6 Å².